The summed E-state index contributed by atoms with van der Waals surface area (Å²) in [6, 6.07) is 0. The monoisotopic (exact) mass is 148 g/mol. The number of methoxy groups -OCH3 is 1. The summed E-state index contributed by atoms with van der Waals surface area (Å²) >= 11 is 0. The van der Waals surface area contributed by atoms with Gasteiger partial charge in [0.25, 0.3) is 0 Å². The molecule has 1 rings (SSSR count). The van der Waals surface area contributed by atoms with Gasteiger partial charge in [0, 0.05) is 13.5 Å². The molecule has 0 spiro atoms. The average molecular weight is 148 g/mol. The fourth-order valence-electron chi connectivity index (χ4n) is 0.904. The maximum absolute atomic E-state index is 9.07. The van der Waals surface area contributed by atoms with Gasteiger partial charge >= 0.3 is 0 Å². The van der Waals surface area contributed by atoms with E-state index < -0.39 is 12.2 Å². The summed E-state index contributed by atoms with van der Waals surface area (Å²) in [6.45, 7) is 0.152. The van der Waals surface area contributed by atoms with Gasteiger partial charge in [0.15, 0.2) is 6.29 Å². The minimum Gasteiger partial charge on any atom is -0.390 e. The highest BCUT2D eigenvalue weighted by atomic mass is 16.7. The zero-order valence-corrected chi connectivity index (χ0v) is 5.86. The summed E-state index contributed by atoms with van der Waals surface area (Å²) in [5.74, 6) is 0. The minimum absolute atomic E-state index is 0.152. The van der Waals surface area contributed by atoms with E-state index >= 15 is 0 Å². The molecule has 1 fully saturated rings. The molecule has 1 aliphatic rings. The first-order valence-corrected chi connectivity index (χ1v) is 3.24. The van der Waals surface area contributed by atoms with Gasteiger partial charge in [-0.1, -0.05) is 0 Å². The molecule has 0 unspecified atom stereocenters. The van der Waals surface area contributed by atoms with Gasteiger partial charge in [0.05, 0.1) is 12.7 Å². The van der Waals surface area contributed by atoms with Crippen LogP contribution in [0.2, 0.25) is 0 Å². The van der Waals surface area contributed by atoms with E-state index in [-0.39, 0.29) is 12.9 Å². The Morgan fingerprint density at radius 3 is 2.60 bits per heavy atom. The van der Waals surface area contributed by atoms with Crippen LogP contribution in [0, 0.1) is 0 Å². The molecule has 60 valence electrons. The Balaban J connectivity index is 2.33. The normalized spacial score (nSPS) is 41.7. The molecule has 1 aliphatic heterocycles. The van der Waals surface area contributed by atoms with Gasteiger partial charge in [-0.05, 0) is 0 Å². The summed E-state index contributed by atoms with van der Waals surface area (Å²) in [6.07, 6.45) is -1.49. The van der Waals surface area contributed by atoms with Crippen LogP contribution < -0.4 is 0 Å². The average Bonchev–Trinajstić information content (AvgIpc) is 1.95. The number of hydrogen-bond acceptors (Lipinski definition) is 4. The first-order chi connectivity index (χ1) is 4.74. The van der Waals surface area contributed by atoms with Gasteiger partial charge in [-0.2, -0.15) is 0 Å². The highest BCUT2D eigenvalue weighted by Crippen LogP contribution is 2.14. The van der Waals surface area contributed by atoms with E-state index in [0.717, 1.165) is 0 Å². The smallest absolute Gasteiger partial charge is 0.159 e. The van der Waals surface area contributed by atoms with Crippen molar-refractivity contribution in [3.8, 4) is 0 Å². The van der Waals surface area contributed by atoms with Gasteiger partial charge in [0.2, 0.25) is 0 Å². The van der Waals surface area contributed by atoms with E-state index in [4.69, 9.17) is 19.7 Å². The molecular weight excluding hydrogens is 136 g/mol. The van der Waals surface area contributed by atoms with Gasteiger partial charge in [0.1, 0.15) is 6.10 Å². The zero-order valence-electron chi connectivity index (χ0n) is 5.86. The molecule has 0 aliphatic carbocycles. The quantitative estimate of drug-likeness (QED) is 0.506. The Hall–Kier alpha value is -0.160. The lowest BCUT2D eigenvalue weighted by Gasteiger charge is -2.29. The van der Waals surface area contributed by atoms with Crippen molar-refractivity contribution in [3.05, 3.63) is 0 Å². The maximum atomic E-state index is 9.07. The van der Waals surface area contributed by atoms with Gasteiger partial charge in [-0.25, -0.2) is 0 Å². The van der Waals surface area contributed by atoms with Crippen molar-refractivity contribution in [1.29, 1.82) is 0 Å². The van der Waals surface area contributed by atoms with Crippen molar-refractivity contribution in [3.63, 3.8) is 0 Å². The topological polar surface area (TPSA) is 58.9 Å². The number of aliphatic hydroxyl groups is 2. The van der Waals surface area contributed by atoms with Crippen molar-refractivity contribution in [1.82, 2.24) is 0 Å². The molecule has 0 aromatic heterocycles. The number of aliphatic hydroxyl groups excluding tert-OH is 2. The molecule has 0 radical (unpaired) electrons. The van der Waals surface area contributed by atoms with E-state index in [1.165, 1.54) is 7.11 Å². The summed E-state index contributed by atoms with van der Waals surface area (Å²) in [7, 11) is 1.51. The summed E-state index contributed by atoms with van der Waals surface area (Å²) in [4.78, 5) is 0. The molecular formula is C6H12O4. The van der Waals surface area contributed by atoms with Crippen LogP contribution in [0.15, 0.2) is 0 Å². The van der Waals surface area contributed by atoms with Gasteiger partial charge < -0.3 is 19.7 Å². The summed E-state index contributed by atoms with van der Waals surface area (Å²) in [5.41, 5.74) is 0. The van der Waals surface area contributed by atoms with E-state index in [0.29, 0.717) is 6.42 Å². The molecule has 1 saturated heterocycles. The van der Waals surface area contributed by atoms with Crippen LogP contribution in [0.25, 0.3) is 0 Å². The summed E-state index contributed by atoms with van der Waals surface area (Å²) in [5, 5.41) is 18.0. The van der Waals surface area contributed by atoms with Crippen LogP contribution in [0.4, 0.5) is 0 Å². The Morgan fingerprint density at radius 1 is 1.40 bits per heavy atom. The molecule has 3 atom stereocenters. The summed E-state index contributed by atoms with van der Waals surface area (Å²) < 4.78 is 9.79. The van der Waals surface area contributed by atoms with E-state index in [1.807, 2.05) is 0 Å². The molecule has 0 aromatic carbocycles. The third kappa shape index (κ3) is 1.67. The third-order valence-electron chi connectivity index (χ3n) is 1.59. The lowest BCUT2D eigenvalue weighted by molar-refractivity contribution is -0.206. The lowest BCUT2D eigenvalue weighted by Crippen LogP contribution is -2.41. The van der Waals surface area contributed by atoms with E-state index in [9.17, 15) is 0 Å². The second-order valence-corrected chi connectivity index (χ2v) is 2.37. The second kappa shape index (κ2) is 3.30. The number of rotatable bonds is 1. The van der Waals surface area contributed by atoms with Crippen molar-refractivity contribution in [2.75, 3.05) is 13.7 Å². The lowest BCUT2D eigenvalue weighted by atomic mass is 10.1. The van der Waals surface area contributed by atoms with Crippen molar-refractivity contribution in [2.24, 2.45) is 0 Å². The van der Waals surface area contributed by atoms with Crippen LogP contribution in [0.1, 0.15) is 6.42 Å². The molecule has 0 bridgehead atoms. The highest BCUT2D eigenvalue weighted by molar-refractivity contribution is 4.72. The Labute approximate surface area is 59.4 Å². The Kier molecular flexibility index (Phi) is 2.62. The standard InChI is InChI=1S/C6H12O4/c1-9-6-2-4(7)5(8)3-10-6/h4-8H,2-3H2,1H3/t4-,5-,6-/m1/s1. The highest BCUT2D eigenvalue weighted by Gasteiger charge is 2.27. The molecule has 2 N–H and O–H groups in total. The fraction of sp³-hybridized carbons (Fsp3) is 1.00. The van der Waals surface area contributed by atoms with E-state index in [2.05, 4.69) is 0 Å². The van der Waals surface area contributed by atoms with Crippen LogP contribution >= 0.6 is 0 Å². The first kappa shape index (κ1) is 7.94. The van der Waals surface area contributed by atoms with Crippen molar-refractivity contribution >= 4 is 0 Å². The number of ether oxygens (including phenoxy) is 2. The maximum Gasteiger partial charge on any atom is 0.159 e. The molecule has 4 nitrogen and oxygen atoms in total. The molecule has 0 saturated carbocycles. The predicted molar refractivity (Wildman–Crippen MR) is 33.4 cm³/mol. The predicted octanol–water partition coefficient (Wildman–Crippen LogP) is -0.899. The molecule has 0 aromatic rings. The fourth-order valence-corrected chi connectivity index (χ4v) is 0.904. The van der Waals surface area contributed by atoms with Gasteiger partial charge in [-0.3, -0.25) is 0 Å². The van der Waals surface area contributed by atoms with Crippen molar-refractivity contribution < 1.29 is 19.7 Å². The SMILES string of the molecule is CO[C@H]1C[C@@H](O)[C@H](O)CO1. The third-order valence-corrected chi connectivity index (χ3v) is 1.59. The molecule has 4 heteroatoms. The zero-order chi connectivity index (χ0) is 7.56. The van der Waals surface area contributed by atoms with Crippen LogP contribution in [-0.4, -0.2) is 42.4 Å². The molecule has 10 heavy (non-hydrogen) atoms. The Morgan fingerprint density at radius 2 is 2.10 bits per heavy atom. The van der Waals surface area contributed by atoms with E-state index in [1.54, 1.807) is 0 Å². The van der Waals surface area contributed by atoms with Crippen molar-refractivity contribution in [2.45, 2.75) is 24.9 Å². The first-order valence-electron chi connectivity index (χ1n) is 3.24. The largest absolute Gasteiger partial charge is 0.390 e. The second-order valence-electron chi connectivity index (χ2n) is 2.37. The van der Waals surface area contributed by atoms with Crippen LogP contribution in [0.5, 0.6) is 0 Å². The number of hydrogen-bond donors (Lipinski definition) is 2. The molecule has 0 amide bonds. The minimum atomic E-state index is -0.758. The Bertz CT molecular complexity index is 106. The van der Waals surface area contributed by atoms with Crippen LogP contribution in [-0.2, 0) is 9.47 Å². The van der Waals surface area contributed by atoms with Gasteiger partial charge in [-0.15, -0.1) is 0 Å². The molecule has 1 heterocycles. The van der Waals surface area contributed by atoms with Crippen LogP contribution in [0.3, 0.4) is 0 Å².